The summed E-state index contributed by atoms with van der Waals surface area (Å²) in [6.07, 6.45) is 3.34. The van der Waals surface area contributed by atoms with Crippen molar-refractivity contribution >= 4 is 11.7 Å². The summed E-state index contributed by atoms with van der Waals surface area (Å²) in [4.78, 5) is 18.6. The zero-order chi connectivity index (χ0) is 15.5. The van der Waals surface area contributed by atoms with Gasteiger partial charge >= 0.3 is 0 Å². The number of hydrogen-bond donors (Lipinski definition) is 2. The lowest BCUT2D eigenvalue weighted by Gasteiger charge is -2.27. The van der Waals surface area contributed by atoms with Crippen LogP contribution < -0.4 is 16.2 Å². The summed E-state index contributed by atoms with van der Waals surface area (Å²) in [5.41, 5.74) is 5.10. The summed E-state index contributed by atoms with van der Waals surface area (Å²) < 4.78 is 1.68. The Labute approximate surface area is 120 Å². The number of aromatic nitrogens is 2. The third-order valence-electron chi connectivity index (χ3n) is 3.25. The average molecular weight is 279 g/mol. The van der Waals surface area contributed by atoms with Crippen LogP contribution >= 0.6 is 0 Å². The first-order valence-corrected chi connectivity index (χ1v) is 6.85. The van der Waals surface area contributed by atoms with Crippen LogP contribution in [0, 0.1) is 11.3 Å². The van der Waals surface area contributed by atoms with Gasteiger partial charge in [-0.2, -0.15) is 0 Å². The van der Waals surface area contributed by atoms with Gasteiger partial charge in [-0.15, -0.1) is 0 Å². The van der Waals surface area contributed by atoms with Gasteiger partial charge in [-0.25, -0.2) is 4.98 Å². The number of hydrogen-bond acceptors (Lipinski definition) is 4. The van der Waals surface area contributed by atoms with E-state index in [0.29, 0.717) is 18.9 Å². The molecule has 0 aromatic carbocycles. The average Bonchev–Trinajstić information content (AvgIpc) is 2.34. The lowest BCUT2D eigenvalue weighted by molar-refractivity contribution is 0.382. The third kappa shape index (κ3) is 3.59. The molecule has 0 aliphatic rings. The van der Waals surface area contributed by atoms with Crippen LogP contribution in [-0.4, -0.2) is 28.5 Å². The van der Waals surface area contributed by atoms with Gasteiger partial charge in [0.25, 0.3) is 5.56 Å². The van der Waals surface area contributed by atoms with Crippen LogP contribution in [0.2, 0.25) is 0 Å². The molecular formula is C14H25N5O. The number of amidine groups is 1. The first kappa shape index (κ1) is 16.2. The molecule has 112 valence electrons. The van der Waals surface area contributed by atoms with Crippen LogP contribution in [0.25, 0.3) is 0 Å². The van der Waals surface area contributed by atoms with Crippen molar-refractivity contribution in [2.45, 2.75) is 40.2 Å². The summed E-state index contributed by atoms with van der Waals surface area (Å²) in [6, 6.07) is 0. The fraction of sp³-hybridized carbons (Fsp3) is 0.643. The molecule has 0 bridgehead atoms. The van der Waals surface area contributed by atoms with Crippen LogP contribution in [0.1, 0.15) is 34.6 Å². The standard InChI is InChI=1S/C14H25N5O/c1-6-18(9-10(2)11(15)16)12-13(20)19(8-7-17-12)14(3,4)5/h7-8,10H,6,9H2,1-5H3,(H3,15,16). The van der Waals surface area contributed by atoms with Gasteiger partial charge in [-0.1, -0.05) is 6.92 Å². The molecule has 6 heteroatoms. The molecule has 1 aromatic heterocycles. The Bertz CT molecular complexity index is 529. The van der Waals surface area contributed by atoms with Gasteiger partial charge in [0, 0.05) is 36.9 Å². The van der Waals surface area contributed by atoms with E-state index < -0.39 is 0 Å². The zero-order valence-electron chi connectivity index (χ0n) is 13.0. The highest BCUT2D eigenvalue weighted by Crippen LogP contribution is 2.13. The second-order valence-corrected chi connectivity index (χ2v) is 5.99. The van der Waals surface area contributed by atoms with E-state index in [4.69, 9.17) is 11.1 Å². The van der Waals surface area contributed by atoms with E-state index in [1.165, 1.54) is 0 Å². The summed E-state index contributed by atoms with van der Waals surface area (Å²) in [5.74, 6) is 0.424. The predicted octanol–water partition coefficient (Wildman–Crippen LogP) is 1.40. The minimum atomic E-state index is -0.291. The molecular weight excluding hydrogens is 254 g/mol. The third-order valence-corrected chi connectivity index (χ3v) is 3.25. The van der Waals surface area contributed by atoms with Crippen molar-refractivity contribution in [3.8, 4) is 0 Å². The zero-order valence-corrected chi connectivity index (χ0v) is 13.0. The highest BCUT2D eigenvalue weighted by Gasteiger charge is 2.20. The highest BCUT2D eigenvalue weighted by atomic mass is 16.1. The maximum Gasteiger partial charge on any atom is 0.293 e. The Balaban J connectivity index is 3.18. The number of nitrogens with one attached hydrogen (secondary N) is 1. The normalized spacial score (nSPS) is 13.1. The second-order valence-electron chi connectivity index (χ2n) is 5.99. The Morgan fingerprint density at radius 2 is 2.15 bits per heavy atom. The largest absolute Gasteiger partial charge is 0.387 e. The van der Waals surface area contributed by atoms with E-state index in [-0.39, 0.29) is 22.9 Å². The van der Waals surface area contributed by atoms with Crippen molar-refractivity contribution in [2.75, 3.05) is 18.0 Å². The summed E-state index contributed by atoms with van der Waals surface area (Å²) in [5, 5.41) is 7.47. The van der Waals surface area contributed by atoms with E-state index in [1.807, 2.05) is 39.5 Å². The highest BCUT2D eigenvalue weighted by molar-refractivity contribution is 5.79. The Hall–Kier alpha value is -1.85. The minimum Gasteiger partial charge on any atom is -0.387 e. The van der Waals surface area contributed by atoms with E-state index in [1.54, 1.807) is 17.0 Å². The Kier molecular flexibility index (Phi) is 4.92. The van der Waals surface area contributed by atoms with Crippen molar-refractivity contribution in [1.29, 1.82) is 5.41 Å². The number of anilines is 1. The van der Waals surface area contributed by atoms with Gasteiger partial charge in [-0.05, 0) is 27.7 Å². The molecule has 0 aliphatic carbocycles. The Morgan fingerprint density at radius 1 is 1.55 bits per heavy atom. The maximum atomic E-state index is 12.5. The molecule has 20 heavy (non-hydrogen) atoms. The molecule has 0 amide bonds. The van der Waals surface area contributed by atoms with Crippen LogP contribution in [0.15, 0.2) is 17.2 Å². The molecule has 0 saturated heterocycles. The molecule has 1 atom stereocenters. The quantitative estimate of drug-likeness (QED) is 0.630. The van der Waals surface area contributed by atoms with Crippen molar-refractivity contribution in [3.05, 3.63) is 22.7 Å². The predicted molar refractivity (Wildman–Crippen MR) is 82.5 cm³/mol. The lowest BCUT2D eigenvalue weighted by atomic mass is 10.1. The van der Waals surface area contributed by atoms with Crippen molar-refractivity contribution in [3.63, 3.8) is 0 Å². The number of nitrogens with zero attached hydrogens (tertiary/aromatic N) is 3. The monoisotopic (exact) mass is 279 g/mol. The van der Waals surface area contributed by atoms with Crippen molar-refractivity contribution in [2.24, 2.45) is 11.7 Å². The van der Waals surface area contributed by atoms with Crippen molar-refractivity contribution in [1.82, 2.24) is 9.55 Å². The minimum absolute atomic E-state index is 0.112. The lowest BCUT2D eigenvalue weighted by Crippen LogP contribution is -2.41. The molecule has 0 aliphatic heterocycles. The maximum absolute atomic E-state index is 12.5. The molecule has 3 N–H and O–H groups in total. The van der Waals surface area contributed by atoms with Gasteiger partial charge in [0.15, 0.2) is 5.82 Å². The van der Waals surface area contributed by atoms with Crippen LogP contribution in [0.4, 0.5) is 5.82 Å². The molecule has 1 heterocycles. The second kappa shape index (κ2) is 6.07. The van der Waals surface area contributed by atoms with Crippen molar-refractivity contribution < 1.29 is 0 Å². The van der Waals surface area contributed by atoms with E-state index in [9.17, 15) is 4.79 Å². The summed E-state index contributed by atoms with van der Waals surface area (Å²) in [7, 11) is 0. The molecule has 0 fully saturated rings. The van der Waals surface area contributed by atoms with Gasteiger partial charge in [0.1, 0.15) is 0 Å². The van der Waals surface area contributed by atoms with Crippen LogP contribution in [-0.2, 0) is 5.54 Å². The topological polar surface area (TPSA) is 88.0 Å². The first-order chi connectivity index (χ1) is 9.18. The summed E-state index contributed by atoms with van der Waals surface area (Å²) in [6.45, 7) is 10.9. The van der Waals surface area contributed by atoms with Gasteiger partial charge < -0.3 is 15.2 Å². The first-order valence-electron chi connectivity index (χ1n) is 6.85. The fourth-order valence-electron chi connectivity index (χ4n) is 1.94. The molecule has 0 radical (unpaired) electrons. The van der Waals surface area contributed by atoms with Crippen LogP contribution in [0.3, 0.4) is 0 Å². The molecule has 1 unspecified atom stereocenters. The SMILES string of the molecule is CCN(CC(C)C(=N)N)c1nccn(C(C)(C)C)c1=O. The molecule has 6 nitrogen and oxygen atoms in total. The molecule has 0 spiro atoms. The summed E-state index contributed by atoms with van der Waals surface area (Å²) >= 11 is 0. The number of rotatable bonds is 5. The molecule has 1 rings (SSSR count). The van der Waals surface area contributed by atoms with Gasteiger partial charge in [0.05, 0.1) is 5.84 Å². The van der Waals surface area contributed by atoms with Gasteiger partial charge in [0.2, 0.25) is 0 Å². The van der Waals surface area contributed by atoms with Gasteiger partial charge in [-0.3, -0.25) is 10.2 Å². The van der Waals surface area contributed by atoms with E-state index in [2.05, 4.69) is 4.98 Å². The number of nitrogens with two attached hydrogens (primary N) is 1. The van der Waals surface area contributed by atoms with E-state index in [0.717, 1.165) is 0 Å². The van der Waals surface area contributed by atoms with E-state index >= 15 is 0 Å². The molecule has 1 aromatic rings. The Morgan fingerprint density at radius 3 is 2.60 bits per heavy atom. The molecule has 0 saturated carbocycles. The van der Waals surface area contributed by atoms with Crippen LogP contribution in [0.5, 0.6) is 0 Å². The fourth-order valence-corrected chi connectivity index (χ4v) is 1.94. The smallest absolute Gasteiger partial charge is 0.293 e.